The zero-order valence-electron chi connectivity index (χ0n) is 19.2. The van der Waals surface area contributed by atoms with Gasteiger partial charge in [0.25, 0.3) is 0 Å². The highest BCUT2D eigenvalue weighted by molar-refractivity contribution is 6.22. The maximum absolute atomic E-state index is 2.32. The minimum Gasteiger partial charge on any atom is -0.310 e. The summed E-state index contributed by atoms with van der Waals surface area (Å²) in [5.41, 5.74) is 3.45. The maximum atomic E-state index is 2.32. The normalized spacial score (nSPS) is 11.4. The van der Waals surface area contributed by atoms with Crippen molar-refractivity contribution in [2.45, 2.75) is 0 Å². The Morgan fingerprint density at radius 1 is 0.286 bits per heavy atom. The standard InChI is InChI=1S/C34H23N/c1-3-10-26(11-4-1)35(27-12-5-2-6-13-27)28-17-20-30-25(23-28)16-19-34-32(30)22-21-31-29-14-8-7-9-24(29)15-18-33(31)34/h1-23H. The van der Waals surface area contributed by atoms with Crippen LogP contribution in [0.4, 0.5) is 17.1 Å². The molecule has 0 bridgehead atoms. The molecule has 1 heteroatoms. The third kappa shape index (κ3) is 3.25. The third-order valence-corrected chi connectivity index (χ3v) is 7.01. The van der Waals surface area contributed by atoms with Gasteiger partial charge in [-0.2, -0.15) is 0 Å². The van der Waals surface area contributed by atoms with Crippen LogP contribution < -0.4 is 4.90 Å². The average molecular weight is 446 g/mol. The Balaban J connectivity index is 1.44. The van der Waals surface area contributed by atoms with E-state index in [4.69, 9.17) is 0 Å². The minimum absolute atomic E-state index is 1.15. The lowest BCUT2D eigenvalue weighted by Crippen LogP contribution is -2.09. The van der Waals surface area contributed by atoms with Crippen molar-refractivity contribution in [1.82, 2.24) is 0 Å². The number of para-hydroxylation sites is 2. The predicted octanol–water partition coefficient (Wildman–Crippen LogP) is 9.77. The van der Waals surface area contributed by atoms with Crippen molar-refractivity contribution in [3.05, 3.63) is 140 Å². The Kier molecular flexibility index (Phi) is 4.53. The number of hydrogen-bond donors (Lipinski definition) is 0. The Hall–Kier alpha value is -4.62. The van der Waals surface area contributed by atoms with Gasteiger partial charge >= 0.3 is 0 Å². The number of nitrogens with zero attached hydrogens (tertiary/aromatic N) is 1. The van der Waals surface area contributed by atoms with Crippen molar-refractivity contribution in [2.75, 3.05) is 4.90 Å². The van der Waals surface area contributed by atoms with E-state index in [0.29, 0.717) is 0 Å². The van der Waals surface area contributed by atoms with E-state index < -0.39 is 0 Å². The van der Waals surface area contributed by atoms with E-state index in [0.717, 1.165) is 17.1 Å². The smallest absolute Gasteiger partial charge is 0.0468 e. The van der Waals surface area contributed by atoms with Gasteiger partial charge in [0.1, 0.15) is 0 Å². The van der Waals surface area contributed by atoms with Gasteiger partial charge in [-0.3, -0.25) is 0 Å². The first-order valence-corrected chi connectivity index (χ1v) is 12.0. The molecule has 0 saturated carbocycles. The van der Waals surface area contributed by atoms with Crippen LogP contribution in [0.15, 0.2) is 140 Å². The van der Waals surface area contributed by atoms with E-state index in [-0.39, 0.29) is 0 Å². The topological polar surface area (TPSA) is 3.24 Å². The molecule has 0 aliphatic heterocycles. The lowest BCUT2D eigenvalue weighted by atomic mass is 9.94. The molecule has 0 radical (unpaired) electrons. The van der Waals surface area contributed by atoms with E-state index in [1.165, 1.54) is 43.1 Å². The summed E-state index contributed by atoms with van der Waals surface area (Å²) in [6.45, 7) is 0. The molecular weight excluding hydrogens is 422 g/mol. The number of rotatable bonds is 3. The van der Waals surface area contributed by atoms with E-state index in [1.807, 2.05) is 0 Å². The molecule has 0 fully saturated rings. The SMILES string of the molecule is c1ccc(N(c2ccccc2)c2ccc3c(ccc4c3ccc3c5ccccc5ccc34)c2)cc1. The summed E-state index contributed by atoms with van der Waals surface area (Å²) in [6, 6.07) is 50.2. The molecule has 7 aromatic rings. The first-order chi connectivity index (χ1) is 17.4. The van der Waals surface area contributed by atoms with Gasteiger partial charge in [0, 0.05) is 17.1 Å². The van der Waals surface area contributed by atoms with Crippen molar-refractivity contribution in [3.8, 4) is 0 Å². The fraction of sp³-hybridized carbons (Fsp3) is 0. The second-order valence-electron chi connectivity index (χ2n) is 9.02. The van der Waals surface area contributed by atoms with Crippen LogP contribution in [0.3, 0.4) is 0 Å². The summed E-state index contributed by atoms with van der Waals surface area (Å²) in [6.07, 6.45) is 0. The molecule has 1 nitrogen and oxygen atoms in total. The molecule has 7 aromatic carbocycles. The third-order valence-electron chi connectivity index (χ3n) is 7.01. The van der Waals surface area contributed by atoms with Gasteiger partial charge in [-0.25, -0.2) is 0 Å². The first-order valence-electron chi connectivity index (χ1n) is 12.0. The van der Waals surface area contributed by atoms with Crippen molar-refractivity contribution < 1.29 is 0 Å². The molecule has 0 heterocycles. The van der Waals surface area contributed by atoms with E-state index in [1.54, 1.807) is 0 Å². The summed E-state index contributed by atoms with van der Waals surface area (Å²) in [4.78, 5) is 2.32. The Morgan fingerprint density at radius 3 is 1.40 bits per heavy atom. The zero-order valence-corrected chi connectivity index (χ0v) is 19.2. The molecule has 164 valence electrons. The largest absolute Gasteiger partial charge is 0.310 e. The van der Waals surface area contributed by atoms with Gasteiger partial charge in [-0.1, -0.05) is 103 Å². The fourth-order valence-electron chi connectivity index (χ4n) is 5.37. The number of anilines is 3. The Labute approximate surface area is 204 Å². The highest BCUT2D eigenvalue weighted by Crippen LogP contribution is 2.39. The molecular formula is C34H23N. The molecule has 0 amide bonds. The van der Waals surface area contributed by atoms with E-state index >= 15 is 0 Å². The first kappa shape index (κ1) is 19.8. The summed E-state index contributed by atoms with van der Waals surface area (Å²) in [5, 5.41) is 10.3. The van der Waals surface area contributed by atoms with Crippen LogP contribution in [0.1, 0.15) is 0 Å². The highest BCUT2D eigenvalue weighted by atomic mass is 15.1. The van der Waals surface area contributed by atoms with Crippen molar-refractivity contribution >= 4 is 60.2 Å². The van der Waals surface area contributed by atoms with Gasteiger partial charge in [0.05, 0.1) is 0 Å². The Morgan fingerprint density at radius 2 is 0.743 bits per heavy atom. The summed E-state index contributed by atoms with van der Waals surface area (Å²) >= 11 is 0. The van der Waals surface area contributed by atoms with Gasteiger partial charge < -0.3 is 4.90 Å². The lowest BCUT2D eigenvalue weighted by molar-refractivity contribution is 1.29. The fourth-order valence-corrected chi connectivity index (χ4v) is 5.37. The van der Waals surface area contributed by atoms with Gasteiger partial charge in [-0.15, -0.1) is 0 Å². The van der Waals surface area contributed by atoms with Crippen LogP contribution >= 0.6 is 0 Å². The zero-order chi connectivity index (χ0) is 23.2. The van der Waals surface area contributed by atoms with E-state index in [2.05, 4.69) is 144 Å². The molecule has 0 saturated heterocycles. The van der Waals surface area contributed by atoms with Crippen molar-refractivity contribution in [1.29, 1.82) is 0 Å². The van der Waals surface area contributed by atoms with Gasteiger partial charge in [0.15, 0.2) is 0 Å². The highest BCUT2D eigenvalue weighted by Gasteiger charge is 2.13. The van der Waals surface area contributed by atoms with Crippen molar-refractivity contribution in [3.63, 3.8) is 0 Å². The lowest BCUT2D eigenvalue weighted by Gasteiger charge is -2.25. The quantitative estimate of drug-likeness (QED) is 0.245. The van der Waals surface area contributed by atoms with Gasteiger partial charge in [-0.05, 0) is 79.5 Å². The molecule has 0 aliphatic rings. The van der Waals surface area contributed by atoms with Crippen LogP contribution in [0, 0.1) is 0 Å². The Bertz CT molecular complexity index is 1800. The molecule has 0 N–H and O–H groups in total. The number of hydrogen-bond acceptors (Lipinski definition) is 1. The van der Waals surface area contributed by atoms with E-state index in [9.17, 15) is 0 Å². The average Bonchev–Trinajstić information content (AvgIpc) is 2.93. The minimum atomic E-state index is 1.15. The van der Waals surface area contributed by atoms with Crippen molar-refractivity contribution in [2.24, 2.45) is 0 Å². The molecule has 7 rings (SSSR count). The second kappa shape index (κ2) is 8.00. The van der Waals surface area contributed by atoms with Gasteiger partial charge in [0.2, 0.25) is 0 Å². The van der Waals surface area contributed by atoms with Crippen LogP contribution in [-0.2, 0) is 0 Å². The summed E-state index contributed by atoms with van der Waals surface area (Å²) in [5.74, 6) is 0. The predicted molar refractivity (Wildman–Crippen MR) is 151 cm³/mol. The van der Waals surface area contributed by atoms with Crippen LogP contribution in [0.2, 0.25) is 0 Å². The molecule has 0 aromatic heterocycles. The molecule has 0 aliphatic carbocycles. The maximum Gasteiger partial charge on any atom is 0.0468 e. The molecule has 0 unspecified atom stereocenters. The number of benzene rings is 7. The molecule has 35 heavy (non-hydrogen) atoms. The van der Waals surface area contributed by atoms with Crippen LogP contribution in [0.5, 0.6) is 0 Å². The monoisotopic (exact) mass is 445 g/mol. The summed E-state index contributed by atoms with van der Waals surface area (Å²) < 4.78 is 0. The van der Waals surface area contributed by atoms with Crippen LogP contribution in [-0.4, -0.2) is 0 Å². The van der Waals surface area contributed by atoms with Crippen LogP contribution in [0.25, 0.3) is 43.1 Å². The molecule has 0 atom stereocenters. The summed E-state index contributed by atoms with van der Waals surface area (Å²) in [7, 11) is 0. The molecule has 0 spiro atoms. The number of fused-ring (bicyclic) bond motifs is 7. The second-order valence-corrected chi connectivity index (χ2v) is 9.02.